The van der Waals surface area contributed by atoms with Crippen molar-refractivity contribution in [3.63, 3.8) is 0 Å². The van der Waals surface area contributed by atoms with Gasteiger partial charge in [-0.2, -0.15) is 0 Å². The van der Waals surface area contributed by atoms with E-state index in [2.05, 4.69) is 172 Å². The fraction of sp³-hybridized carbons (Fsp3) is 0.277. The van der Waals surface area contributed by atoms with E-state index in [1.165, 1.54) is 60.6 Å². The van der Waals surface area contributed by atoms with E-state index < -0.39 is 0 Å². The minimum Gasteiger partial charge on any atom is -0.459 e. The van der Waals surface area contributed by atoms with Crippen LogP contribution in [0.3, 0.4) is 0 Å². The molecule has 0 radical (unpaired) electrons. The Morgan fingerprint density at radius 3 is 1.88 bits per heavy atom. The summed E-state index contributed by atoms with van der Waals surface area (Å²) in [7, 11) is 0. The largest absolute Gasteiger partial charge is 0.459 e. The van der Waals surface area contributed by atoms with Crippen LogP contribution < -0.4 is 15.7 Å². The molecule has 5 aromatic carbocycles. The summed E-state index contributed by atoms with van der Waals surface area (Å²) in [5, 5.41) is 2.45. The maximum Gasteiger partial charge on any atom is 0.247 e. The second-order valence-corrected chi connectivity index (χ2v) is 17.1. The highest BCUT2D eigenvalue weighted by atomic mass is 16.5. The second-order valence-electron chi connectivity index (χ2n) is 17.1. The predicted octanol–water partition coefficient (Wildman–Crippen LogP) is 11.0. The Balaban J connectivity index is 1.37. The molecule has 0 fully saturated rings. The first-order valence-corrected chi connectivity index (χ1v) is 17.8. The molecule has 5 aromatic rings. The standard InChI is InChI=1S/C47H49BO/c1-11-30(36-23-24-37(39-15-13-12-14-38(36)39)31-16-19-33(20-17-31)45(2,3)4)27-44-41-26-32-18-21-34(46(5,6)7)28-40(32)48(41)42-29-35(47(8,9)10)22-25-43(42)49-44/h11-25,27-29H,1,26H2,2-10H3/b30-27+. The van der Waals surface area contributed by atoms with Crippen molar-refractivity contribution in [3.8, 4) is 16.9 Å². The van der Waals surface area contributed by atoms with Crippen molar-refractivity contribution in [3.05, 3.63) is 155 Å². The molecule has 0 atom stereocenters. The summed E-state index contributed by atoms with van der Waals surface area (Å²) in [5.41, 5.74) is 14.4. The molecule has 0 bridgehead atoms. The first kappa shape index (κ1) is 33.0. The zero-order valence-electron chi connectivity index (χ0n) is 30.8. The van der Waals surface area contributed by atoms with Gasteiger partial charge in [0.05, 0.1) is 0 Å². The minimum absolute atomic E-state index is 0.0473. The van der Waals surface area contributed by atoms with Crippen LogP contribution in [0, 0.1) is 0 Å². The average molecular weight is 641 g/mol. The first-order chi connectivity index (χ1) is 23.1. The molecule has 0 aliphatic carbocycles. The molecule has 1 nitrogen and oxygen atoms in total. The van der Waals surface area contributed by atoms with Crippen LogP contribution >= 0.6 is 0 Å². The Morgan fingerprint density at radius 1 is 0.653 bits per heavy atom. The summed E-state index contributed by atoms with van der Waals surface area (Å²) < 4.78 is 6.90. The maximum atomic E-state index is 6.90. The Morgan fingerprint density at radius 2 is 1.24 bits per heavy atom. The lowest BCUT2D eigenvalue weighted by Crippen LogP contribution is -2.46. The Hall–Kier alpha value is -4.56. The molecule has 7 rings (SSSR count). The SMILES string of the molecule is C=C/C(=C\C1=C2Cc3ccc(C(C)(C)C)cc3B2c2cc(C(C)(C)C)ccc2O1)c1ccc(-c2ccc(C(C)(C)C)cc2)c2ccccc12. The molecule has 0 saturated carbocycles. The van der Waals surface area contributed by atoms with E-state index in [0.29, 0.717) is 0 Å². The van der Waals surface area contributed by atoms with Gasteiger partial charge in [0.15, 0.2) is 0 Å². The number of ether oxygens (including phenoxy) is 1. The Labute approximate surface area is 294 Å². The molecule has 0 N–H and O–H groups in total. The number of benzene rings is 5. The molecule has 2 heterocycles. The van der Waals surface area contributed by atoms with Gasteiger partial charge in [-0.3, -0.25) is 0 Å². The molecule has 0 aromatic heterocycles. The highest BCUT2D eigenvalue weighted by Gasteiger charge is 2.41. The van der Waals surface area contributed by atoms with Crippen LogP contribution in [-0.2, 0) is 22.7 Å². The van der Waals surface area contributed by atoms with Gasteiger partial charge in [0.25, 0.3) is 0 Å². The van der Waals surface area contributed by atoms with Crippen LogP contribution in [-0.4, -0.2) is 6.71 Å². The van der Waals surface area contributed by atoms with Crippen LogP contribution in [0.15, 0.2) is 127 Å². The third-order valence-electron chi connectivity index (χ3n) is 10.6. The molecule has 0 saturated heterocycles. The lowest BCUT2D eigenvalue weighted by molar-refractivity contribution is 0.440. The first-order valence-electron chi connectivity index (χ1n) is 17.8. The molecule has 2 aliphatic rings. The van der Waals surface area contributed by atoms with Crippen molar-refractivity contribution in [1.29, 1.82) is 0 Å². The summed E-state index contributed by atoms with van der Waals surface area (Å²) in [4.78, 5) is 0. The molecule has 2 aliphatic heterocycles. The van der Waals surface area contributed by atoms with Crippen LogP contribution in [0.4, 0.5) is 0 Å². The monoisotopic (exact) mass is 640 g/mol. The van der Waals surface area contributed by atoms with Crippen molar-refractivity contribution in [2.45, 2.75) is 85.0 Å². The van der Waals surface area contributed by atoms with Crippen molar-refractivity contribution in [2.24, 2.45) is 0 Å². The zero-order chi connectivity index (χ0) is 34.9. The quantitative estimate of drug-likeness (QED) is 0.140. The minimum atomic E-state index is 0.0473. The highest BCUT2D eigenvalue weighted by molar-refractivity contribution is 6.93. The summed E-state index contributed by atoms with van der Waals surface area (Å²) in [6.45, 7) is 25.0. The molecule has 0 amide bonds. The number of hydrogen-bond acceptors (Lipinski definition) is 1. The van der Waals surface area contributed by atoms with E-state index in [0.717, 1.165) is 29.1 Å². The van der Waals surface area contributed by atoms with Crippen LogP contribution in [0.25, 0.3) is 27.5 Å². The number of hydrogen-bond donors (Lipinski definition) is 0. The second kappa shape index (κ2) is 11.8. The molecular weight excluding hydrogens is 591 g/mol. The fourth-order valence-corrected chi connectivity index (χ4v) is 7.55. The molecule has 0 spiro atoms. The molecule has 246 valence electrons. The van der Waals surface area contributed by atoms with Crippen molar-refractivity contribution in [1.82, 2.24) is 0 Å². The van der Waals surface area contributed by atoms with Gasteiger partial charge in [0.1, 0.15) is 11.5 Å². The zero-order valence-corrected chi connectivity index (χ0v) is 30.8. The summed E-state index contributed by atoms with van der Waals surface area (Å²) in [6, 6.07) is 36.3. The van der Waals surface area contributed by atoms with E-state index >= 15 is 0 Å². The van der Waals surface area contributed by atoms with Gasteiger partial charge < -0.3 is 4.74 Å². The van der Waals surface area contributed by atoms with E-state index in [-0.39, 0.29) is 23.0 Å². The predicted molar refractivity (Wildman–Crippen MR) is 213 cm³/mol. The van der Waals surface area contributed by atoms with Gasteiger partial charge in [-0.05, 0) is 101 Å². The van der Waals surface area contributed by atoms with Gasteiger partial charge in [0, 0.05) is 0 Å². The molecule has 49 heavy (non-hydrogen) atoms. The van der Waals surface area contributed by atoms with Crippen LogP contribution in [0.1, 0.15) is 90.1 Å². The fourth-order valence-electron chi connectivity index (χ4n) is 7.55. The number of allylic oxidation sites excluding steroid dienone is 4. The lowest BCUT2D eigenvalue weighted by atomic mass is 9.37. The van der Waals surface area contributed by atoms with Crippen molar-refractivity contribution >= 4 is 34.0 Å². The smallest absolute Gasteiger partial charge is 0.247 e. The van der Waals surface area contributed by atoms with Crippen molar-refractivity contribution in [2.75, 3.05) is 0 Å². The van der Waals surface area contributed by atoms with Gasteiger partial charge in [-0.15, -0.1) is 0 Å². The van der Waals surface area contributed by atoms with Gasteiger partial charge in [-0.1, -0.05) is 171 Å². The highest BCUT2D eigenvalue weighted by Crippen LogP contribution is 2.38. The van der Waals surface area contributed by atoms with E-state index in [4.69, 9.17) is 4.74 Å². The molecular formula is C47H49BO. The topological polar surface area (TPSA) is 9.23 Å². The van der Waals surface area contributed by atoms with Crippen LogP contribution in [0.5, 0.6) is 5.75 Å². The third kappa shape index (κ3) is 6.01. The van der Waals surface area contributed by atoms with Gasteiger partial charge in [0.2, 0.25) is 6.71 Å². The number of rotatable bonds is 4. The maximum absolute atomic E-state index is 6.90. The van der Waals surface area contributed by atoms with Gasteiger partial charge in [-0.25, -0.2) is 0 Å². The lowest BCUT2D eigenvalue weighted by Gasteiger charge is -2.28. The summed E-state index contributed by atoms with van der Waals surface area (Å²) >= 11 is 0. The summed E-state index contributed by atoms with van der Waals surface area (Å²) in [6.07, 6.45) is 5.11. The Kier molecular flexibility index (Phi) is 7.94. The average Bonchev–Trinajstić information content (AvgIpc) is 3.45. The number of fused-ring (bicyclic) bond motifs is 6. The molecule has 2 heteroatoms. The van der Waals surface area contributed by atoms with Crippen molar-refractivity contribution < 1.29 is 4.74 Å². The van der Waals surface area contributed by atoms with E-state index in [9.17, 15) is 0 Å². The van der Waals surface area contributed by atoms with E-state index in [1.54, 1.807) is 0 Å². The van der Waals surface area contributed by atoms with Crippen LogP contribution in [0.2, 0.25) is 0 Å². The normalized spacial score (nSPS) is 14.8. The van der Waals surface area contributed by atoms with E-state index in [1.807, 2.05) is 6.08 Å². The summed E-state index contributed by atoms with van der Waals surface area (Å²) in [5.74, 6) is 1.89. The Bertz CT molecular complexity index is 2170. The molecule has 0 unspecified atom stereocenters. The third-order valence-corrected chi connectivity index (χ3v) is 10.6. The van der Waals surface area contributed by atoms with Gasteiger partial charge >= 0.3 is 0 Å².